The van der Waals surface area contributed by atoms with Crippen molar-refractivity contribution in [2.45, 2.75) is 69.1 Å². The summed E-state index contributed by atoms with van der Waals surface area (Å²) < 4.78 is 0. The average Bonchev–Trinajstić information content (AvgIpc) is 2.83. The molecular formula is C21H38N10O9. The Morgan fingerprint density at radius 1 is 0.625 bits per heavy atom. The maximum absolute atomic E-state index is 13.0. The number of carboxylic acid groups (broad SMARTS) is 3. The van der Waals surface area contributed by atoms with Crippen molar-refractivity contribution in [3.05, 3.63) is 0 Å². The molecular weight excluding hydrogens is 536 g/mol. The van der Waals surface area contributed by atoms with Gasteiger partial charge in [0, 0.05) is 19.5 Å². The van der Waals surface area contributed by atoms with Crippen LogP contribution in [0.4, 0.5) is 0 Å². The van der Waals surface area contributed by atoms with Crippen LogP contribution in [0.25, 0.3) is 0 Å². The van der Waals surface area contributed by atoms with Crippen molar-refractivity contribution in [3.8, 4) is 0 Å². The van der Waals surface area contributed by atoms with Gasteiger partial charge in [-0.3, -0.25) is 34.0 Å². The fourth-order valence-electron chi connectivity index (χ4n) is 3.17. The number of aliphatic carboxylic acids is 3. The molecule has 40 heavy (non-hydrogen) atoms. The molecule has 0 fully saturated rings. The summed E-state index contributed by atoms with van der Waals surface area (Å²) in [4.78, 5) is 79.4. The Hall–Kier alpha value is -4.68. The number of aliphatic imine (C=N–C) groups is 2. The molecule has 0 bridgehead atoms. The summed E-state index contributed by atoms with van der Waals surface area (Å²) in [5, 5.41) is 34.2. The van der Waals surface area contributed by atoms with Crippen molar-refractivity contribution in [1.29, 1.82) is 0 Å². The number of carboxylic acids is 3. The van der Waals surface area contributed by atoms with Gasteiger partial charge in [0.25, 0.3) is 0 Å². The minimum atomic E-state index is -1.54. The predicted octanol–water partition coefficient (Wildman–Crippen LogP) is -4.70. The van der Waals surface area contributed by atoms with Crippen molar-refractivity contribution < 1.29 is 44.1 Å². The van der Waals surface area contributed by atoms with Crippen LogP contribution in [-0.4, -0.2) is 100 Å². The number of amides is 3. The second kappa shape index (κ2) is 18.6. The Balaban J connectivity index is 5.73. The van der Waals surface area contributed by atoms with Crippen molar-refractivity contribution in [2.75, 3.05) is 13.1 Å². The first-order chi connectivity index (χ1) is 18.6. The topological polar surface area (TPSA) is 354 Å². The largest absolute Gasteiger partial charge is 0.481 e. The van der Waals surface area contributed by atoms with Gasteiger partial charge >= 0.3 is 17.9 Å². The van der Waals surface area contributed by atoms with Crippen molar-refractivity contribution >= 4 is 47.5 Å². The maximum Gasteiger partial charge on any atom is 0.326 e. The molecule has 4 unspecified atom stereocenters. The average molecular weight is 575 g/mol. The summed E-state index contributed by atoms with van der Waals surface area (Å²) in [5.74, 6) is -7.34. The second-order valence-corrected chi connectivity index (χ2v) is 8.56. The summed E-state index contributed by atoms with van der Waals surface area (Å²) in [7, 11) is 0. The number of carbonyl (C=O) groups is 6. The Bertz CT molecular complexity index is 965. The highest BCUT2D eigenvalue weighted by Crippen LogP contribution is 2.06. The van der Waals surface area contributed by atoms with E-state index in [2.05, 4.69) is 25.9 Å². The van der Waals surface area contributed by atoms with Crippen molar-refractivity contribution in [1.82, 2.24) is 16.0 Å². The molecule has 19 nitrogen and oxygen atoms in total. The number of nitrogens with zero attached hydrogens (tertiary/aromatic N) is 2. The summed E-state index contributed by atoms with van der Waals surface area (Å²) in [5.41, 5.74) is 26.5. The molecule has 0 aliphatic rings. The third-order valence-electron chi connectivity index (χ3n) is 5.15. The van der Waals surface area contributed by atoms with Gasteiger partial charge in [0.1, 0.15) is 18.1 Å². The molecule has 16 N–H and O–H groups in total. The molecule has 3 amide bonds. The maximum atomic E-state index is 13.0. The fourth-order valence-corrected chi connectivity index (χ4v) is 3.17. The first-order valence-electron chi connectivity index (χ1n) is 12.1. The van der Waals surface area contributed by atoms with E-state index in [1.54, 1.807) is 0 Å². The first kappa shape index (κ1) is 35.3. The molecule has 0 heterocycles. The van der Waals surface area contributed by atoms with Gasteiger partial charge in [-0.2, -0.15) is 0 Å². The van der Waals surface area contributed by atoms with Gasteiger partial charge in [-0.05, 0) is 32.1 Å². The normalized spacial score (nSPS) is 13.4. The van der Waals surface area contributed by atoms with Crippen LogP contribution >= 0.6 is 0 Å². The van der Waals surface area contributed by atoms with Crippen LogP contribution in [0.1, 0.15) is 44.9 Å². The molecule has 0 aromatic carbocycles. The molecule has 19 heteroatoms. The molecule has 0 aromatic heterocycles. The van der Waals surface area contributed by atoms with E-state index in [1.807, 2.05) is 0 Å². The van der Waals surface area contributed by atoms with Gasteiger partial charge in [0.2, 0.25) is 17.7 Å². The van der Waals surface area contributed by atoms with Crippen LogP contribution < -0.4 is 44.6 Å². The summed E-state index contributed by atoms with van der Waals surface area (Å²) in [6.07, 6.45) is -1.50. The molecule has 0 rings (SSSR count). The Kier molecular flexibility index (Phi) is 16.4. The number of nitrogens with one attached hydrogen (secondary N) is 3. The zero-order valence-corrected chi connectivity index (χ0v) is 21.7. The SMILES string of the molecule is NC(N)=NCCCC(NC(=O)C(CCCN=C(N)N)NC(=O)C(CCC(=O)O)NC(=O)C(N)CC(=O)O)C(=O)O. The number of rotatable bonds is 20. The minimum absolute atomic E-state index is 0.0503. The van der Waals surface area contributed by atoms with Gasteiger partial charge in [-0.1, -0.05) is 0 Å². The van der Waals surface area contributed by atoms with Gasteiger partial charge in [0.15, 0.2) is 11.9 Å². The van der Waals surface area contributed by atoms with E-state index in [-0.39, 0.29) is 50.7 Å². The third-order valence-corrected chi connectivity index (χ3v) is 5.15. The lowest BCUT2D eigenvalue weighted by Crippen LogP contribution is -2.57. The van der Waals surface area contributed by atoms with Crippen LogP contribution in [0.2, 0.25) is 0 Å². The van der Waals surface area contributed by atoms with Crippen molar-refractivity contribution in [3.63, 3.8) is 0 Å². The van der Waals surface area contributed by atoms with E-state index in [0.29, 0.717) is 0 Å². The van der Waals surface area contributed by atoms with Crippen LogP contribution in [-0.2, 0) is 28.8 Å². The van der Waals surface area contributed by atoms with Gasteiger partial charge in [-0.15, -0.1) is 0 Å². The molecule has 0 aliphatic carbocycles. The summed E-state index contributed by atoms with van der Waals surface area (Å²) in [6, 6.07) is -5.76. The Labute approximate surface area is 229 Å². The zero-order valence-electron chi connectivity index (χ0n) is 21.7. The second-order valence-electron chi connectivity index (χ2n) is 8.56. The zero-order chi connectivity index (χ0) is 30.8. The highest BCUT2D eigenvalue weighted by molar-refractivity contribution is 5.95. The molecule has 0 aromatic rings. The van der Waals surface area contributed by atoms with Crippen LogP contribution in [0.15, 0.2) is 9.98 Å². The van der Waals surface area contributed by atoms with Crippen molar-refractivity contribution in [2.24, 2.45) is 38.7 Å². The number of nitrogens with two attached hydrogens (primary N) is 5. The van der Waals surface area contributed by atoms with E-state index < -0.39 is 79.1 Å². The predicted molar refractivity (Wildman–Crippen MR) is 140 cm³/mol. The van der Waals surface area contributed by atoms with E-state index in [9.17, 15) is 33.9 Å². The lowest BCUT2D eigenvalue weighted by molar-refractivity contribution is -0.142. The van der Waals surface area contributed by atoms with Crippen LogP contribution in [0, 0.1) is 0 Å². The molecule has 0 saturated carbocycles. The Morgan fingerprint density at radius 3 is 1.48 bits per heavy atom. The van der Waals surface area contributed by atoms with E-state index >= 15 is 0 Å². The van der Waals surface area contributed by atoms with Gasteiger partial charge in [0.05, 0.1) is 12.5 Å². The standard InChI is InChI=1S/C21H38N10O9/c22-10(9-15(34)35)16(36)29-12(5-6-14(32)33)18(38)30-11(3-1-7-27-20(23)24)17(37)31-13(19(39)40)4-2-8-28-21(25)26/h10-13H,1-9,22H2,(H,29,36)(H,30,38)(H,31,37)(H,32,33)(H,34,35)(H,39,40)(H4,23,24,27)(H4,25,26,28). The van der Waals surface area contributed by atoms with E-state index in [4.69, 9.17) is 38.9 Å². The molecule has 0 radical (unpaired) electrons. The van der Waals surface area contributed by atoms with Crippen LogP contribution in [0.5, 0.6) is 0 Å². The highest BCUT2D eigenvalue weighted by atomic mass is 16.4. The lowest BCUT2D eigenvalue weighted by atomic mass is 10.1. The molecule has 226 valence electrons. The fraction of sp³-hybridized carbons (Fsp3) is 0.619. The van der Waals surface area contributed by atoms with Crippen LogP contribution in [0.3, 0.4) is 0 Å². The van der Waals surface area contributed by atoms with E-state index in [0.717, 1.165) is 0 Å². The lowest BCUT2D eigenvalue weighted by Gasteiger charge is -2.25. The number of hydrogen-bond donors (Lipinski definition) is 11. The Morgan fingerprint density at radius 2 is 1.05 bits per heavy atom. The minimum Gasteiger partial charge on any atom is -0.481 e. The van der Waals surface area contributed by atoms with E-state index in [1.165, 1.54) is 0 Å². The summed E-state index contributed by atoms with van der Waals surface area (Å²) in [6.45, 7) is 0.168. The van der Waals surface area contributed by atoms with Gasteiger partial charge in [-0.25, -0.2) is 4.79 Å². The first-order valence-corrected chi connectivity index (χ1v) is 12.1. The number of hydrogen-bond acceptors (Lipinski definition) is 9. The van der Waals surface area contributed by atoms with Gasteiger partial charge < -0.3 is 59.9 Å². The smallest absolute Gasteiger partial charge is 0.326 e. The summed E-state index contributed by atoms with van der Waals surface area (Å²) >= 11 is 0. The molecule has 4 atom stereocenters. The number of carbonyl (C=O) groups excluding carboxylic acids is 3. The molecule has 0 aliphatic heterocycles. The third kappa shape index (κ3) is 16.2. The monoisotopic (exact) mass is 574 g/mol. The highest BCUT2D eigenvalue weighted by Gasteiger charge is 2.30. The molecule has 0 saturated heterocycles. The molecule has 0 spiro atoms. The number of guanidine groups is 2. The quantitative estimate of drug-likeness (QED) is 0.0369.